The zero-order chi connectivity index (χ0) is 24.7. The molecule has 1 aromatic carbocycles. The van der Waals surface area contributed by atoms with Crippen LogP contribution in [0.15, 0.2) is 36.5 Å². The Kier molecular flexibility index (Phi) is 6.47. The van der Waals surface area contributed by atoms with Gasteiger partial charge in [-0.05, 0) is 35.7 Å². The molecule has 3 aromatic rings. The number of thiophene rings is 1. The number of aromatic nitrogens is 1. The van der Waals surface area contributed by atoms with Crippen LogP contribution in [-0.4, -0.2) is 45.1 Å². The Morgan fingerprint density at radius 3 is 2.50 bits per heavy atom. The normalized spacial score (nSPS) is 16.0. The molecule has 4 rings (SSSR count). The molecule has 0 unspecified atom stereocenters. The van der Waals surface area contributed by atoms with E-state index in [0.717, 1.165) is 17.4 Å². The molecule has 180 valence electrons. The molecule has 2 aromatic heterocycles. The quantitative estimate of drug-likeness (QED) is 0.322. The van der Waals surface area contributed by atoms with Gasteiger partial charge in [-0.1, -0.05) is 12.2 Å². The zero-order valence-corrected chi connectivity index (χ0v) is 19.1. The molecule has 2 N–H and O–H groups in total. The van der Waals surface area contributed by atoms with Crippen LogP contribution in [0, 0.1) is 0 Å². The van der Waals surface area contributed by atoms with Crippen LogP contribution in [0.3, 0.4) is 0 Å². The topological polar surface area (TPSA) is 65.5 Å². The van der Waals surface area contributed by atoms with E-state index in [1.807, 2.05) is 0 Å². The number of nitrogens with one attached hydrogen (secondary N) is 1. The maximum absolute atomic E-state index is 13.8. The van der Waals surface area contributed by atoms with Crippen LogP contribution in [-0.2, 0) is 12.7 Å². The van der Waals surface area contributed by atoms with Crippen molar-refractivity contribution in [1.82, 2.24) is 15.2 Å². The number of alkyl halides is 5. The van der Waals surface area contributed by atoms with Crippen molar-refractivity contribution < 1.29 is 31.9 Å². The van der Waals surface area contributed by atoms with Gasteiger partial charge in [0, 0.05) is 52.8 Å². The number of nitrogens with zero attached hydrogens (tertiary/aromatic N) is 2. The Morgan fingerprint density at radius 2 is 1.91 bits per heavy atom. The highest BCUT2D eigenvalue weighted by Gasteiger charge is 2.35. The maximum Gasteiger partial charge on any atom is 0.417 e. The molecular weight excluding hydrogens is 497 g/mol. The molecule has 1 aliphatic heterocycles. The van der Waals surface area contributed by atoms with Crippen molar-refractivity contribution in [3.8, 4) is 11.3 Å². The van der Waals surface area contributed by atoms with Gasteiger partial charge >= 0.3 is 12.3 Å². The molecule has 0 bridgehead atoms. The summed E-state index contributed by atoms with van der Waals surface area (Å²) in [6, 6.07) is 7.26. The molecule has 0 radical (unpaired) electrons. The number of rotatable bonds is 4. The van der Waals surface area contributed by atoms with Crippen molar-refractivity contribution in [2.45, 2.75) is 31.5 Å². The third kappa shape index (κ3) is 5.27. The van der Waals surface area contributed by atoms with Crippen molar-refractivity contribution in [3.63, 3.8) is 0 Å². The van der Waals surface area contributed by atoms with E-state index in [0.29, 0.717) is 26.5 Å². The number of pyridine rings is 1. The molecule has 0 saturated carbocycles. The van der Waals surface area contributed by atoms with Gasteiger partial charge in [0.2, 0.25) is 0 Å². The number of likely N-dealkylation sites (tertiary alicyclic amines) is 1. The third-order valence-electron chi connectivity index (χ3n) is 5.47. The van der Waals surface area contributed by atoms with Gasteiger partial charge < -0.3 is 15.3 Å². The molecule has 34 heavy (non-hydrogen) atoms. The van der Waals surface area contributed by atoms with Crippen LogP contribution in [0.4, 0.5) is 26.7 Å². The lowest BCUT2D eigenvalue weighted by molar-refractivity contribution is -0.136. The second-order valence-corrected chi connectivity index (χ2v) is 9.42. The second-order valence-electron chi connectivity index (χ2n) is 7.89. The number of halogens is 5. The zero-order valence-electron chi connectivity index (χ0n) is 17.5. The number of carboxylic acid groups (broad SMARTS) is 1. The van der Waals surface area contributed by atoms with Crippen LogP contribution < -0.4 is 5.32 Å². The van der Waals surface area contributed by atoms with Crippen LogP contribution >= 0.6 is 23.6 Å². The number of hydrogen-bond donors (Lipinski definition) is 2. The van der Waals surface area contributed by atoms with Crippen LogP contribution in [0.1, 0.15) is 28.8 Å². The van der Waals surface area contributed by atoms with Gasteiger partial charge in [-0.2, -0.15) is 13.2 Å². The molecular formula is C22H18F5N3O2S2. The van der Waals surface area contributed by atoms with E-state index in [-0.39, 0.29) is 42.7 Å². The van der Waals surface area contributed by atoms with Crippen molar-refractivity contribution in [3.05, 3.63) is 52.5 Å². The average molecular weight is 516 g/mol. The Balaban J connectivity index is 1.62. The Morgan fingerprint density at radius 1 is 1.21 bits per heavy atom. The van der Waals surface area contributed by atoms with E-state index < -0.39 is 23.8 Å². The van der Waals surface area contributed by atoms with E-state index in [2.05, 4.69) is 10.3 Å². The fourth-order valence-electron chi connectivity index (χ4n) is 3.73. The molecule has 12 heteroatoms. The first-order valence-electron chi connectivity index (χ1n) is 10.2. The molecule has 1 amide bonds. The van der Waals surface area contributed by atoms with Gasteiger partial charge in [0.05, 0.1) is 17.8 Å². The summed E-state index contributed by atoms with van der Waals surface area (Å²) < 4.78 is 68.1. The lowest BCUT2D eigenvalue weighted by Crippen LogP contribution is -2.42. The van der Waals surface area contributed by atoms with Gasteiger partial charge in [-0.3, -0.25) is 4.98 Å². The first-order valence-corrected chi connectivity index (χ1v) is 11.4. The van der Waals surface area contributed by atoms with Gasteiger partial charge in [0.15, 0.2) is 0 Å². The van der Waals surface area contributed by atoms with E-state index in [9.17, 15) is 26.7 Å². The first kappa shape index (κ1) is 24.3. The Hall–Kier alpha value is -2.86. The summed E-state index contributed by atoms with van der Waals surface area (Å²) >= 11 is 6.28. The highest BCUT2D eigenvalue weighted by atomic mass is 32.1. The molecule has 1 aliphatic rings. The fourth-order valence-corrected chi connectivity index (χ4v) is 5.14. The summed E-state index contributed by atoms with van der Waals surface area (Å²) in [4.78, 5) is 17.5. The monoisotopic (exact) mass is 515 g/mol. The summed E-state index contributed by atoms with van der Waals surface area (Å²) in [5, 5.41) is 11.2. The predicted molar refractivity (Wildman–Crippen MR) is 122 cm³/mol. The molecule has 3 heterocycles. The number of benzene rings is 1. The minimum atomic E-state index is -4.62. The second kappa shape index (κ2) is 9.06. The van der Waals surface area contributed by atoms with Gasteiger partial charge in [-0.25, -0.2) is 13.6 Å². The smallest absolute Gasteiger partial charge is 0.417 e. The van der Waals surface area contributed by atoms with E-state index >= 15 is 0 Å². The number of carbonyl (C=O) groups is 1. The summed E-state index contributed by atoms with van der Waals surface area (Å²) in [6.07, 6.45) is -5.03. The van der Waals surface area contributed by atoms with E-state index in [4.69, 9.17) is 17.3 Å². The number of fused-ring (bicyclic) bond motifs is 1. The lowest BCUT2D eigenvalue weighted by Gasteiger charge is -2.33. The van der Waals surface area contributed by atoms with Crippen molar-refractivity contribution in [2.24, 2.45) is 0 Å². The summed E-state index contributed by atoms with van der Waals surface area (Å²) in [5.41, 5.74) is 0.229. The van der Waals surface area contributed by atoms with Crippen molar-refractivity contribution >= 4 is 44.7 Å². The predicted octanol–water partition coefficient (Wildman–Crippen LogP) is 6.16. The van der Waals surface area contributed by atoms with Gasteiger partial charge in [0.25, 0.3) is 5.92 Å². The summed E-state index contributed by atoms with van der Waals surface area (Å²) in [5.74, 6) is -2.70. The highest BCUT2D eigenvalue weighted by Crippen LogP contribution is 2.41. The molecule has 0 atom stereocenters. The number of amides is 1. The van der Waals surface area contributed by atoms with Crippen LogP contribution in [0.2, 0.25) is 0 Å². The minimum Gasteiger partial charge on any atom is -0.465 e. The molecule has 5 nitrogen and oxygen atoms in total. The number of hydrogen-bond acceptors (Lipinski definition) is 4. The third-order valence-corrected chi connectivity index (χ3v) is 7.15. The molecule has 1 fully saturated rings. The number of piperidine rings is 1. The maximum atomic E-state index is 13.8. The summed E-state index contributed by atoms with van der Waals surface area (Å²) in [7, 11) is 0. The van der Waals surface area contributed by atoms with Crippen molar-refractivity contribution in [2.75, 3.05) is 13.1 Å². The van der Waals surface area contributed by atoms with Gasteiger partial charge in [0.1, 0.15) is 4.99 Å². The average Bonchev–Trinajstić information content (AvgIpc) is 3.19. The Labute approximate surface area is 200 Å². The fraction of sp³-hybridized carbons (Fsp3) is 0.318. The highest BCUT2D eigenvalue weighted by molar-refractivity contribution is 7.80. The molecule has 1 saturated heterocycles. The lowest BCUT2D eigenvalue weighted by atomic mass is 10.0. The standard InChI is InChI=1S/C22H18F5N3O2S2/c23-21(24)3-5-30(6-4-21)19(33)12-1-2-17(28-10-12)13-7-14-8-15(11-29-20(31)32)34-18(14)16(9-13)22(25,26)27/h1-2,7-10,29H,3-6,11H2,(H,31,32). The van der Waals surface area contributed by atoms with Crippen LogP contribution in [0.5, 0.6) is 0 Å². The molecule has 0 spiro atoms. The number of thiocarbonyl (C=S) groups is 1. The van der Waals surface area contributed by atoms with E-state index in [1.54, 1.807) is 23.1 Å². The molecule has 0 aliphatic carbocycles. The van der Waals surface area contributed by atoms with Crippen molar-refractivity contribution in [1.29, 1.82) is 0 Å². The minimum absolute atomic E-state index is 0.0122. The summed E-state index contributed by atoms with van der Waals surface area (Å²) in [6.45, 7) is 0.140. The Bertz CT molecular complexity index is 1230. The largest absolute Gasteiger partial charge is 0.465 e. The van der Waals surface area contributed by atoms with E-state index in [1.165, 1.54) is 12.3 Å². The SMILES string of the molecule is O=C(O)NCc1cc2cc(-c3ccc(C(=S)N4CCC(F)(F)CC4)cn3)cc(C(F)(F)F)c2s1. The van der Waals surface area contributed by atoms with Crippen LogP contribution in [0.25, 0.3) is 21.3 Å². The first-order chi connectivity index (χ1) is 15.9. The van der Waals surface area contributed by atoms with Gasteiger partial charge in [-0.15, -0.1) is 11.3 Å².